The lowest BCUT2D eigenvalue weighted by atomic mass is 9.92. The Hall–Kier alpha value is -2.82. The highest BCUT2D eigenvalue weighted by Gasteiger charge is 2.40. The number of hydrogen-bond acceptors (Lipinski definition) is 3. The van der Waals surface area contributed by atoms with Gasteiger partial charge >= 0.3 is 0 Å². The molecule has 0 aliphatic carbocycles. The molecule has 5 nitrogen and oxygen atoms in total. The second-order valence-corrected chi connectivity index (χ2v) is 8.51. The van der Waals surface area contributed by atoms with Crippen molar-refractivity contribution < 1.29 is 9.59 Å². The zero-order valence-electron chi connectivity index (χ0n) is 17.7. The van der Waals surface area contributed by atoms with Crippen molar-refractivity contribution in [1.29, 1.82) is 0 Å². The van der Waals surface area contributed by atoms with Crippen molar-refractivity contribution in [3.63, 3.8) is 0 Å². The molecule has 5 heteroatoms. The van der Waals surface area contributed by atoms with Gasteiger partial charge in [-0.25, -0.2) is 0 Å². The van der Waals surface area contributed by atoms with Crippen molar-refractivity contribution in [2.45, 2.75) is 57.5 Å². The average Bonchev–Trinajstić information content (AvgIpc) is 2.77. The molecule has 0 bridgehead atoms. The molecule has 1 fully saturated rings. The van der Waals surface area contributed by atoms with E-state index in [9.17, 15) is 9.59 Å². The molecule has 0 unspecified atom stereocenters. The fourth-order valence-corrected chi connectivity index (χ4v) is 4.46. The van der Waals surface area contributed by atoms with Gasteiger partial charge in [-0.15, -0.1) is 0 Å². The number of hydrogen-bond donors (Lipinski definition) is 2. The van der Waals surface area contributed by atoms with E-state index in [2.05, 4.69) is 29.7 Å². The van der Waals surface area contributed by atoms with E-state index in [1.54, 1.807) is 0 Å². The summed E-state index contributed by atoms with van der Waals surface area (Å²) in [4.78, 5) is 27.4. The fraction of sp³-hybridized carbons (Fsp3) is 0.440. The molecule has 1 spiro atoms. The van der Waals surface area contributed by atoms with Crippen LogP contribution in [0.5, 0.6) is 0 Å². The number of nitrogens with one attached hydrogen (secondary N) is 2. The Morgan fingerprint density at radius 3 is 2.43 bits per heavy atom. The Morgan fingerprint density at radius 1 is 0.967 bits per heavy atom. The van der Waals surface area contributed by atoms with Crippen molar-refractivity contribution in [3.05, 3.63) is 65.2 Å². The van der Waals surface area contributed by atoms with Crippen LogP contribution < -0.4 is 10.6 Å². The van der Waals surface area contributed by atoms with Gasteiger partial charge in [-0.2, -0.15) is 0 Å². The second-order valence-electron chi connectivity index (χ2n) is 8.51. The minimum absolute atomic E-state index is 0.0429. The van der Waals surface area contributed by atoms with Gasteiger partial charge in [0.25, 0.3) is 11.8 Å². The maximum atomic E-state index is 13.0. The van der Waals surface area contributed by atoms with Crippen LogP contribution in [0.3, 0.4) is 0 Å². The van der Waals surface area contributed by atoms with Gasteiger partial charge in [-0.3, -0.25) is 9.59 Å². The molecule has 2 heterocycles. The molecule has 0 radical (unpaired) electrons. The molecule has 0 atom stereocenters. The molecule has 4 rings (SSSR count). The first kappa shape index (κ1) is 20.5. The summed E-state index contributed by atoms with van der Waals surface area (Å²) in [5, 5.41) is 6.64. The quantitative estimate of drug-likeness (QED) is 0.691. The minimum Gasteiger partial charge on any atom is -0.362 e. The van der Waals surface area contributed by atoms with Gasteiger partial charge in [0.05, 0.1) is 5.56 Å². The molecule has 2 aromatic rings. The lowest BCUT2D eigenvalue weighted by molar-refractivity contribution is 0.0639. The van der Waals surface area contributed by atoms with Gasteiger partial charge in [0.1, 0.15) is 5.66 Å². The third-order valence-corrected chi connectivity index (χ3v) is 6.32. The van der Waals surface area contributed by atoms with Gasteiger partial charge in [0.15, 0.2) is 0 Å². The number of carbonyl (C=O) groups is 2. The topological polar surface area (TPSA) is 61.4 Å². The highest BCUT2D eigenvalue weighted by atomic mass is 16.2. The number of aryl methyl sites for hydroxylation is 1. The van der Waals surface area contributed by atoms with E-state index in [0.29, 0.717) is 31.5 Å². The minimum atomic E-state index is -0.468. The molecule has 2 aromatic carbocycles. The smallest absolute Gasteiger partial charge is 0.255 e. The van der Waals surface area contributed by atoms with E-state index in [-0.39, 0.29) is 11.8 Å². The highest BCUT2D eigenvalue weighted by Crippen LogP contribution is 2.31. The predicted octanol–water partition coefficient (Wildman–Crippen LogP) is 4.60. The number of nitrogens with zero attached hydrogens (tertiary/aromatic N) is 1. The number of anilines is 1. The first-order chi connectivity index (χ1) is 14.6. The molecule has 0 saturated carbocycles. The van der Waals surface area contributed by atoms with Crippen LogP contribution in [0.2, 0.25) is 0 Å². The second kappa shape index (κ2) is 8.90. The summed E-state index contributed by atoms with van der Waals surface area (Å²) in [6.07, 6.45) is 7.46. The van der Waals surface area contributed by atoms with Crippen molar-refractivity contribution in [2.75, 3.05) is 18.4 Å². The van der Waals surface area contributed by atoms with Crippen LogP contribution in [0.25, 0.3) is 0 Å². The molecule has 2 aliphatic rings. The molecule has 158 valence electrons. The lowest BCUT2D eigenvalue weighted by Gasteiger charge is -2.45. The summed E-state index contributed by atoms with van der Waals surface area (Å²) >= 11 is 0. The Kier molecular flexibility index (Phi) is 6.07. The number of likely N-dealkylation sites (tertiary alicyclic amines) is 1. The summed E-state index contributed by atoms with van der Waals surface area (Å²) in [6, 6.07) is 15.7. The first-order valence-corrected chi connectivity index (χ1v) is 11.2. The molecule has 2 aliphatic heterocycles. The van der Waals surface area contributed by atoms with Crippen LogP contribution in [0.4, 0.5) is 5.69 Å². The van der Waals surface area contributed by atoms with E-state index < -0.39 is 5.66 Å². The van der Waals surface area contributed by atoms with Crippen molar-refractivity contribution in [2.24, 2.45) is 0 Å². The number of rotatable bonds is 6. The Morgan fingerprint density at radius 2 is 1.70 bits per heavy atom. The van der Waals surface area contributed by atoms with Crippen LogP contribution in [0.1, 0.15) is 71.7 Å². The van der Waals surface area contributed by atoms with Crippen molar-refractivity contribution in [3.8, 4) is 0 Å². The number of carbonyl (C=O) groups excluding carboxylic acids is 2. The Balaban J connectivity index is 1.34. The zero-order chi connectivity index (χ0) is 21.0. The van der Waals surface area contributed by atoms with Gasteiger partial charge in [0, 0.05) is 37.2 Å². The lowest BCUT2D eigenvalue weighted by Crippen LogP contribution is -2.62. The predicted molar refractivity (Wildman–Crippen MR) is 120 cm³/mol. The first-order valence-electron chi connectivity index (χ1n) is 11.2. The van der Waals surface area contributed by atoms with Gasteiger partial charge in [-0.05, 0) is 42.7 Å². The third kappa shape index (κ3) is 4.35. The molecule has 0 aromatic heterocycles. The van der Waals surface area contributed by atoms with Crippen LogP contribution >= 0.6 is 0 Å². The van der Waals surface area contributed by atoms with E-state index in [1.807, 2.05) is 41.3 Å². The van der Waals surface area contributed by atoms with Crippen LogP contribution in [0, 0.1) is 0 Å². The molecule has 30 heavy (non-hydrogen) atoms. The molecule has 2 N–H and O–H groups in total. The van der Waals surface area contributed by atoms with Crippen molar-refractivity contribution in [1.82, 2.24) is 10.2 Å². The molecular formula is C25H31N3O2. The third-order valence-electron chi connectivity index (χ3n) is 6.32. The zero-order valence-corrected chi connectivity index (χ0v) is 17.7. The Bertz CT molecular complexity index is 899. The van der Waals surface area contributed by atoms with E-state index in [1.165, 1.54) is 31.2 Å². The number of benzene rings is 2. The normalized spacial score (nSPS) is 17.2. The van der Waals surface area contributed by atoms with E-state index in [0.717, 1.165) is 17.7 Å². The monoisotopic (exact) mass is 405 g/mol. The summed E-state index contributed by atoms with van der Waals surface area (Å²) in [5.41, 5.74) is 3.12. The number of para-hydroxylation sites is 1. The van der Waals surface area contributed by atoms with E-state index >= 15 is 0 Å². The molecule has 1 saturated heterocycles. The number of amides is 2. The van der Waals surface area contributed by atoms with Crippen LogP contribution in [-0.4, -0.2) is 35.5 Å². The summed E-state index contributed by atoms with van der Waals surface area (Å²) < 4.78 is 0. The average molecular weight is 406 g/mol. The number of fused-ring (bicyclic) bond motifs is 1. The standard InChI is InChI=1S/C25H31N3O2/c1-2-3-4-5-8-19-11-13-20(14-12-19)24(30)28-17-15-25(16-18-28)26-22-10-7-6-9-21(22)23(29)27-25/h6-7,9-14,26H,2-5,8,15-18H2,1H3,(H,27,29). The SMILES string of the molecule is CCCCCCc1ccc(C(=O)N2CCC3(CC2)NC(=O)c2ccccc2N3)cc1. The maximum Gasteiger partial charge on any atom is 0.255 e. The largest absolute Gasteiger partial charge is 0.362 e. The number of piperidine rings is 1. The molecular weight excluding hydrogens is 374 g/mol. The summed E-state index contributed by atoms with van der Waals surface area (Å²) in [7, 11) is 0. The molecule has 2 amide bonds. The summed E-state index contributed by atoms with van der Waals surface area (Å²) in [6.45, 7) is 3.46. The summed E-state index contributed by atoms with van der Waals surface area (Å²) in [5.74, 6) is 0.0311. The van der Waals surface area contributed by atoms with Gasteiger partial charge in [0.2, 0.25) is 0 Å². The highest BCUT2D eigenvalue weighted by molar-refractivity contribution is 6.02. The van der Waals surface area contributed by atoms with Gasteiger partial charge < -0.3 is 15.5 Å². The number of unbranched alkanes of at least 4 members (excludes halogenated alkanes) is 3. The van der Waals surface area contributed by atoms with E-state index in [4.69, 9.17) is 0 Å². The van der Waals surface area contributed by atoms with Crippen LogP contribution in [-0.2, 0) is 6.42 Å². The maximum absolute atomic E-state index is 13.0. The van der Waals surface area contributed by atoms with Gasteiger partial charge in [-0.1, -0.05) is 50.5 Å². The Labute approximate surface area is 178 Å². The van der Waals surface area contributed by atoms with Crippen LogP contribution in [0.15, 0.2) is 48.5 Å². The fourth-order valence-electron chi connectivity index (χ4n) is 4.46. The van der Waals surface area contributed by atoms with Crippen molar-refractivity contribution >= 4 is 17.5 Å².